The summed E-state index contributed by atoms with van der Waals surface area (Å²) in [5.74, 6) is -0.802. The van der Waals surface area contributed by atoms with Crippen LogP contribution in [-0.4, -0.2) is 18.2 Å². The summed E-state index contributed by atoms with van der Waals surface area (Å²) in [5.41, 5.74) is 3.86. The Bertz CT molecular complexity index is 715. The number of nitrogens with one attached hydrogen (secondary N) is 1. The van der Waals surface area contributed by atoms with Gasteiger partial charge in [0, 0.05) is 29.1 Å². The van der Waals surface area contributed by atoms with Crippen LogP contribution in [0.2, 0.25) is 5.02 Å². The molecule has 5 heteroatoms. The molecule has 2 N–H and O–H groups in total. The lowest BCUT2D eigenvalue weighted by Crippen LogP contribution is -2.08. The van der Waals surface area contributed by atoms with Crippen molar-refractivity contribution in [3.05, 3.63) is 58.6 Å². The highest BCUT2D eigenvalue weighted by Crippen LogP contribution is 2.33. The third-order valence-corrected chi connectivity index (χ3v) is 4.63. The normalized spacial score (nSPS) is 13.3. The van der Waals surface area contributed by atoms with Gasteiger partial charge in [-0.2, -0.15) is 0 Å². The number of halogens is 1. The highest BCUT2D eigenvalue weighted by atomic mass is 35.5. The minimum absolute atomic E-state index is 0.0184. The minimum atomic E-state index is -0.784. The fourth-order valence-corrected chi connectivity index (χ4v) is 2.94. The molecule has 0 aliphatic heterocycles. The second-order valence-corrected chi connectivity index (χ2v) is 6.50. The van der Waals surface area contributed by atoms with Crippen LogP contribution in [0.1, 0.15) is 49.8 Å². The number of benzene rings is 2. The molecule has 0 fully saturated rings. The summed E-state index contributed by atoms with van der Waals surface area (Å²) in [7, 11) is 1.67. The van der Waals surface area contributed by atoms with E-state index in [0.717, 1.165) is 28.9 Å². The molecule has 0 bridgehead atoms. The highest BCUT2D eigenvalue weighted by molar-refractivity contribution is 6.30. The average Bonchev–Trinajstić information content (AvgIpc) is 2.60. The van der Waals surface area contributed by atoms with Crippen molar-refractivity contribution in [3.8, 4) is 0 Å². The molecule has 0 radical (unpaired) electrons. The zero-order valence-corrected chi connectivity index (χ0v) is 15.5. The van der Waals surface area contributed by atoms with E-state index in [2.05, 4.69) is 5.32 Å². The Morgan fingerprint density at radius 1 is 1.24 bits per heavy atom. The Balaban J connectivity index is 2.39. The lowest BCUT2D eigenvalue weighted by atomic mass is 9.91. The first-order chi connectivity index (χ1) is 11.9. The topological polar surface area (TPSA) is 58.6 Å². The second-order valence-electron chi connectivity index (χ2n) is 6.06. The number of carbonyl (C=O) groups is 1. The van der Waals surface area contributed by atoms with Crippen LogP contribution in [0, 0.1) is 0 Å². The van der Waals surface area contributed by atoms with Crippen molar-refractivity contribution in [2.24, 2.45) is 0 Å². The van der Waals surface area contributed by atoms with Crippen molar-refractivity contribution in [2.75, 3.05) is 12.4 Å². The predicted octanol–water partition coefficient (Wildman–Crippen LogP) is 5.76. The zero-order chi connectivity index (χ0) is 18.4. The number of carboxylic acids is 1. The molecular formula is C20H24ClNO3. The van der Waals surface area contributed by atoms with Crippen LogP contribution in [0.25, 0.3) is 0 Å². The molecule has 25 heavy (non-hydrogen) atoms. The Morgan fingerprint density at radius 2 is 1.92 bits per heavy atom. The molecule has 134 valence electrons. The van der Waals surface area contributed by atoms with Gasteiger partial charge in [0.2, 0.25) is 0 Å². The molecule has 2 aromatic carbocycles. The summed E-state index contributed by atoms with van der Waals surface area (Å²) in [6.07, 6.45) is 0.811. The molecule has 0 saturated heterocycles. The van der Waals surface area contributed by atoms with Gasteiger partial charge in [0.05, 0.1) is 12.5 Å². The van der Waals surface area contributed by atoms with E-state index in [-0.39, 0.29) is 18.4 Å². The average molecular weight is 362 g/mol. The molecule has 0 aliphatic rings. The fourth-order valence-electron chi connectivity index (χ4n) is 2.81. The van der Waals surface area contributed by atoms with Crippen molar-refractivity contribution in [1.29, 1.82) is 0 Å². The third-order valence-electron chi connectivity index (χ3n) is 4.38. The number of hydrogen-bond donors (Lipinski definition) is 2. The number of rotatable bonds is 8. The standard InChI is InChI=1S/C20H24ClNO3/c1-4-14(12-20(23)24)15-5-10-18(13(2)25-3)19(11-15)22-17-8-6-16(21)7-9-17/h5-11,13-14,22H,4,12H2,1-3H3,(H,23,24)/t13-,14-/m1/s1. The zero-order valence-electron chi connectivity index (χ0n) is 14.8. The van der Waals surface area contributed by atoms with E-state index in [1.165, 1.54) is 0 Å². The largest absolute Gasteiger partial charge is 0.481 e. The number of hydrogen-bond acceptors (Lipinski definition) is 3. The molecule has 0 aliphatic carbocycles. The van der Waals surface area contributed by atoms with Crippen LogP contribution in [0.15, 0.2) is 42.5 Å². The van der Waals surface area contributed by atoms with Crippen molar-refractivity contribution in [2.45, 2.75) is 38.7 Å². The summed E-state index contributed by atoms with van der Waals surface area (Å²) in [5, 5.41) is 13.2. The van der Waals surface area contributed by atoms with Gasteiger partial charge in [-0.25, -0.2) is 0 Å². The van der Waals surface area contributed by atoms with Crippen LogP contribution in [0.4, 0.5) is 11.4 Å². The van der Waals surface area contributed by atoms with E-state index < -0.39 is 5.97 Å². The van der Waals surface area contributed by atoms with E-state index >= 15 is 0 Å². The van der Waals surface area contributed by atoms with Crippen molar-refractivity contribution < 1.29 is 14.6 Å². The first-order valence-electron chi connectivity index (χ1n) is 8.35. The van der Waals surface area contributed by atoms with E-state index in [9.17, 15) is 4.79 Å². The Hall–Kier alpha value is -2.04. The van der Waals surface area contributed by atoms with Crippen molar-refractivity contribution >= 4 is 28.9 Å². The van der Waals surface area contributed by atoms with Gasteiger partial charge in [-0.1, -0.05) is 30.7 Å². The monoisotopic (exact) mass is 361 g/mol. The lowest BCUT2D eigenvalue weighted by Gasteiger charge is -2.20. The smallest absolute Gasteiger partial charge is 0.303 e. The predicted molar refractivity (Wildman–Crippen MR) is 102 cm³/mol. The second kappa shape index (κ2) is 8.88. The van der Waals surface area contributed by atoms with E-state index in [1.54, 1.807) is 7.11 Å². The van der Waals surface area contributed by atoms with Crippen LogP contribution >= 0.6 is 11.6 Å². The van der Waals surface area contributed by atoms with Crippen LogP contribution in [-0.2, 0) is 9.53 Å². The summed E-state index contributed by atoms with van der Waals surface area (Å²) >= 11 is 5.95. The van der Waals surface area contributed by atoms with Gasteiger partial charge in [0.15, 0.2) is 0 Å². The molecule has 0 heterocycles. The lowest BCUT2D eigenvalue weighted by molar-refractivity contribution is -0.137. The molecule has 0 spiro atoms. The first-order valence-corrected chi connectivity index (χ1v) is 8.73. The Labute approximate surface area is 153 Å². The van der Waals surface area contributed by atoms with Crippen LogP contribution in [0.3, 0.4) is 0 Å². The van der Waals surface area contributed by atoms with Gasteiger partial charge < -0.3 is 15.2 Å². The highest BCUT2D eigenvalue weighted by Gasteiger charge is 2.17. The minimum Gasteiger partial charge on any atom is -0.481 e. The maximum atomic E-state index is 11.1. The molecule has 0 amide bonds. The summed E-state index contributed by atoms with van der Waals surface area (Å²) in [4.78, 5) is 11.1. The molecule has 2 atom stereocenters. The quantitative estimate of drug-likeness (QED) is 0.627. The number of aliphatic carboxylic acids is 1. The SMILES string of the molecule is CC[C@H](CC(=O)O)c1ccc([C@@H](C)OC)c(Nc2ccc(Cl)cc2)c1. The van der Waals surface area contributed by atoms with Gasteiger partial charge >= 0.3 is 5.97 Å². The van der Waals surface area contributed by atoms with Gasteiger partial charge in [0.25, 0.3) is 0 Å². The van der Waals surface area contributed by atoms with Crippen LogP contribution < -0.4 is 5.32 Å². The van der Waals surface area contributed by atoms with Gasteiger partial charge in [0.1, 0.15) is 0 Å². The molecule has 2 rings (SSSR count). The Morgan fingerprint density at radius 3 is 2.48 bits per heavy atom. The van der Waals surface area contributed by atoms with E-state index in [4.69, 9.17) is 21.4 Å². The third kappa shape index (κ3) is 5.21. The van der Waals surface area contributed by atoms with Gasteiger partial charge in [-0.3, -0.25) is 4.79 Å². The first kappa shape index (κ1) is 19.3. The number of methoxy groups -OCH3 is 1. The van der Waals surface area contributed by atoms with E-state index in [1.807, 2.05) is 56.3 Å². The number of ether oxygens (including phenoxy) is 1. The maximum absolute atomic E-state index is 11.1. The fraction of sp³-hybridized carbons (Fsp3) is 0.350. The van der Waals surface area contributed by atoms with E-state index in [0.29, 0.717) is 5.02 Å². The molecule has 4 nitrogen and oxygen atoms in total. The van der Waals surface area contributed by atoms with Crippen LogP contribution in [0.5, 0.6) is 0 Å². The molecule has 0 saturated carbocycles. The van der Waals surface area contributed by atoms with Crippen molar-refractivity contribution in [3.63, 3.8) is 0 Å². The van der Waals surface area contributed by atoms with Crippen molar-refractivity contribution in [1.82, 2.24) is 0 Å². The number of carboxylic acid groups (broad SMARTS) is 1. The maximum Gasteiger partial charge on any atom is 0.303 e. The summed E-state index contributed by atoms with van der Waals surface area (Å²) in [6, 6.07) is 13.5. The Kier molecular flexibility index (Phi) is 6.85. The summed E-state index contributed by atoms with van der Waals surface area (Å²) < 4.78 is 5.47. The molecule has 0 aromatic heterocycles. The summed E-state index contributed by atoms with van der Waals surface area (Å²) in [6.45, 7) is 3.99. The molecular weight excluding hydrogens is 338 g/mol. The molecule has 0 unspecified atom stereocenters. The van der Waals surface area contributed by atoms with Gasteiger partial charge in [-0.15, -0.1) is 0 Å². The number of anilines is 2. The molecule has 2 aromatic rings. The van der Waals surface area contributed by atoms with Gasteiger partial charge in [-0.05, 0) is 55.2 Å².